The summed E-state index contributed by atoms with van der Waals surface area (Å²) < 4.78 is 11.6. The molecule has 0 aliphatic carbocycles. The van der Waals surface area contributed by atoms with Gasteiger partial charge in [0.1, 0.15) is 5.52 Å². The number of halogens is 1. The summed E-state index contributed by atoms with van der Waals surface area (Å²) in [6.07, 6.45) is 2.97. The number of aromatic nitrogens is 1. The highest BCUT2D eigenvalue weighted by Gasteiger charge is 2.37. The number of benzene rings is 1. The maximum Gasteiger partial charge on any atom is 0.196 e. The molecule has 1 aliphatic heterocycles. The van der Waals surface area contributed by atoms with E-state index in [4.69, 9.17) is 9.15 Å². The molecule has 2 unspecified atom stereocenters. The maximum absolute atomic E-state index is 5.83. The van der Waals surface area contributed by atoms with Gasteiger partial charge in [-0.2, -0.15) is 0 Å². The Balaban J connectivity index is 1.79. The Kier molecular flexibility index (Phi) is 3.16. The third-order valence-electron chi connectivity index (χ3n) is 3.60. The average Bonchev–Trinajstić information content (AvgIpc) is 2.95. The van der Waals surface area contributed by atoms with Crippen LogP contribution in [0.3, 0.4) is 0 Å². The molecular formula is C14H16BrNO2. The lowest BCUT2D eigenvalue weighted by molar-refractivity contribution is 0.0191. The van der Waals surface area contributed by atoms with Crippen molar-refractivity contribution in [1.82, 2.24) is 4.98 Å². The molecule has 0 radical (unpaired) electrons. The number of fused-ring (bicyclic) bond motifs is 1. The van der Waals surface area contributed by atoms with E-state index < -0.39 is 0 Å². The highest BCUT2D eigenvalue weighted by Crippen LogP contribution is 2.34. The van der Waals surface area contributed by atoms with Gasteiger partial charge in [-0.05, 0) is 31.9 Å². The molecule has 1 saturated heterocycles. The Morgan fingerprint density at radius 2 is 2.28 bits per heavy atom. The van der Waals surface area contributed by atoms with Crippen molar-refractivity contribution in [2.24, 2.45) is 0 Å². The number of rotatable bonds is 3. The minimum absolute atomic E-state index is 0.0966. The second-order valence-electron chi connectivity index (χ2n) is 5.01. The summed E-state index contributed by atoms with van der Waals surface area (Å²) in [7, 11) is 0. The molecule has 2 atom stereocenters. The molecule has 96 valence electrons. The van der Waals surface area contributed by atoms with Gasteiger partial charge in [0.2, 0.25) is 0 Å². The molecule has 0 amide bonds. The van der Waals surface area contributed by atoms with Gasteiger partial charge in [-0.1, -0.05) is 28.1 Å². The first-order valence-electron chi connectivity index (χ1n) is 6.30. The number of nitrogens with zero attached hydrogens (tertiary/aromatic N) is 1. The van der Waals surface area contributed by atoms with Gasteiger partial charge in [0.05, 0.1) is 10.4 Å². The van der Waals surface area contributed by atoms with E-state index in [0.29, 0.717) is 0 Å². The third-order valence-corrected chi connectivity index (χ3v) is 4.90. The lowest BCUT2D eigenvalue weighted by Gasteiger charge is -2.28. The summed E-state index contributed by atoms with van der Waals surface area (Å²) in [5, 5.41) is 0. The van der Waals surface area contributed by atoms with Crippen molar-refractivity contribution in [1.29, 1.82) is 0 Å². The van der Waals surface area contributed by atoms with Gasteiger partial charge >= 0.3 is 0 Å². The van der Waals surface area contributed by atoms with Crippen molar-refractivity contribution in [3.8, 4) is 0 Å². The molecule has 0 saturated carbocycles. The van der Waals surface area contributed by atoms with Crippen molar-refractivity contribution in [2.45, 2.75) is 36.6 Å². The van der Waals surface area contributed by atoms with Crippen LogP contribution in [0.15, 0.2) is 28.7 Å². The van der Waals surface area contributed by atoms with Crippen LogP contribution in [0.1, 0.15) is 25.7 Å². The number of para-hydroxylation sites is 2. The third kappa shape index (κ3) is 2.19. The largest absolute Gasteiger partial charge is 0.441 e. The van der Waals surface area contributed by atoms with Gasteiger partial charge in [-0.25, -0.2) is 4.98 Å². The normalized spacial score (nSPS) is 25.7. The van der Waals surface area contributed by atoms with Crippen molar-refractivity contribution >= 4 is 27.0 Å². The van der Waals surface area contributed by atoms with E-state index in [1.54, 1.807) is 0 Å². The van der Waals surface area contributed by atoms with E-state index >= 15 is 0 Å². The zero-order valence-corrected chi connectivity index (χ0v) is 11.9. The summed E-state index contributed by atoms with van der Waals surface area (Å²) in [5.74, 6) is 0.773. The second-order valence-corrected chi connectivity index (χ2v) is 6.12. The van der Waals surface area contributed by atoms with Crippen LogP contribution in [0.2, 0.25) is 0 Å². The molecule has 2 heterocycles. The molecule has 1 fully saturated rings. The van der Waals surface area contributed by atoms with Crippen LogP contribution in [0.5, 0.6) is 0 Å². The van der Waals surface area contributed by atoms with Crippen LogP contribution in [-0.2, 0) is 11.2 Å². The first kappa shape index (κ1) is 12.2. The van der Waals surface area contributed by atoms with Crippen LogP contribution in [0.4, 0.5) is 0 Å². The average molecular weight is 310 g/mol. The molecule has 3 nitrogen and oxygen atoms in total. The topological polar surface area (TPSA) is 35.3 Å². The van der Waals surface area contributed by atoms with E-state index in [-0.39, 0.29) is 10.4 Å². The minimum Gasteiger partial charge on any atom is -0.441 e. The predicted octanol–water partition coefficient (Wildman–Crippen LogP) is 3.70. The molecular weight excluding hydrogens is 294 g/mol. The van der Waals surface area contributed by atoms with Gasteiger partial charge in [0, 0.05) is 13.0 Å². The minimum atomic E-state index is -0.0966. The van der Waals surface area contributed by atoms with Gasteiger partial charge < -0.3 is 9.15 Å². The molecule has 0 N–H and O–H groups in total. The molecule has 3 rings (SSSR count). The van der Waals surface area contributed by atoms with E-state index in [1.165, 1.54) is 0 Å². The Morgan fingerprint density at radius 1 is 1.44 bits per heavy atom. The zero-order valence-electron chi connectivity index (χ0n) is 10.4. The summed E-state index contributed by atoms with van der Waals surface area (Å²) in [5.41, 5.74) is 1.68. The first-order chi connectivity index (χ1) is 8.67. The van der Waals surface area contributed by atoms with Gasteiger partial charge in [0.25, 0.3) is 0 Å². The fraction of sp³-hybridized carbons (Fsp3) is 0.500. The summed E-state index contributed by atoms with van der Waals surface area (Å²) in [4.78, 5) is 4.74. The molecule has 2 aromatic rings. The highest BCUT2D eigenvalue weighted by atomic mass is 79.9. The summed E-state index contributed by atoms with van der Waals surface area (Å²) in [6, 6.07) is 7.86. The number of ether oxygens (including phenoxy) is 1. The van der Waals surface area contributed by atoms with E-state index in [9.17, 15) is 0 Å². The predicted molar refractivity (Wildman–Crippen MR) is 74.0 cm³/mol. The van der Waals surface area contributed by atoms with Crippen molar-refractivity contribution in [3.63, 3.8) is 0 Å². The van der Waals surface area contributed by atoms with Crippen LogP contribution < -0.4 is 0 Å². The fourth-order valence-electron chi connectivity index (χ4n) is 2.42. The molecule has 18 heavy (non-hydrogen) atoms. The molecule has 0 spiro atoms. The Hall–Kier alpha value is -0.870. The lowest BCUT2D eigenvalue weighted by atomic mass is 9.96. The SMILES string of the molecule is CC1(C(Br)Cc2nc3ccccc3o2)CCCO1. The van der Waals surface area contributed by atoms with Gasteiger partial charge in [0.15, 0.2) is 11.5 Å². The number of alkyl halides is 1. The first-order valence-corrected chi connectivity index (χ1v) is 7.21. The summed E-state index contributed by atoms with van der Waals surface area (Å²) in [6.45, 7) is 3.01. The smallest absolute Gasteiger partial charge is 0.196 e. The lowest BCUT2D eigenvalue weighted by Crippen LogP contribution is -2.35. The standard InChI is InChI=1S/C14H16BrNO2/c1-14(7-4-8-17-14)12(15)9-13-16-10-5-2-3-6-11(10)18-13/h2-3,5-6,12H,4,7-9H2,1H3. The van der Waals surface area contributed by atoms with E-state index in [2.05, 4.69) is 27.8 Å². The molecule has 1 aliphatic rings. The van der Waals surface area contributed by atoms with E-state index in [1.807, 2.05) is 24.3 Å². The zero-order chi connectivity index (χ0) is 12.6. The van der Waals surface area contributed by atoms with Crippen LogP contribution in [0.25, 0.3) is 11.1 Å². The molecule has 1 aromatic carbocycles. The van der Waals surface area contributed by atoms with Gasteiger partial charge in [-0.15, -0.1) is 0 Å². The van der Waals surface area contributed by atoms with E-state index in [0.717, 1.165) is 42.9 Å². The highest BCUT2D eigenvalue weighted by molar-refractivity contribution is 9.09. The number of hydrogen-bond donors (Lipinski definition) is 0. The summed E-state index contributed by atoms with van der Waals surface area (Å²) >= 11 is 3.73. The Bertz CT molecular complexity index is 512. The second kappa shape index (κ2) is 4.67. The van der Waals surface area contributed by atoms with Crippen LogP contribution >= 0.6 is 15.9 Å². The van der Waals surface area contributed by atoms with Gasteiger partial charge in [-0.3, -0.25) is 0 Å². The number of hydrogen-bond acceptors (Lipinski definition) is 3. The van der Waals surface area contributed by atoms with Crippen molar-refractivity contribution in [2.75, 3.05) is 6.61 Å². The molecule has 1 aromatic heterocycles. The Morgan fingerprint density at radius 3 is 3.00 bits per heavy atom. The fourth-order valence-corrected chi connectivity index (χ4v) is 3.06. The van der Waals surface area contributed by atoms with Crippen LogP contribution in [-0.4, -0.2) is 22.0 Å². The Labute approximate surface area is 115 Å². The molecule has 4 heteroatoms. The monoisotopic (exact) mass is 309 g/mol. The quantitative estimate of drug-likeness (QED) is 0.811. The van der Waals surface area contributed by atoms with Crippen LogP contribution in [0, 0.1) is 0 Å². The number of oxazole rings is 1. The van der Waals surface area contributed by atoms with Crippen molar-refractivity contribution in [3.05, 3.63) is 30.2 Å². The van der Waals surface area contributed by atoms with Crippen molar-refractivity contribution < 1.29 is 9.15 Å². The molecule has 0 bridgehead atoms. The maximum atomic E-state index is 5.83.